The van der Waals surface area contributed by atoms with E-state index in [0.717, 1.165) is 22.8 Å². The molecule has 1 aliphatic rings. The lowest BCUT2D eigenvalue weighted by Gasteiger charge is -2.32. The van der Waals surface area contributed by atoms with E-state index in [2.05, 4.69) is 39.0 Å². The summed E-state index contributed by atoms with van der Waals surface area (Å²) in [5, 5.41) is 0.993. The van der Waals surface area contributed by atoms with Crippen LogP contribution in [0, 0.1) is 5.41 Å². The van der Waals surface area contributed by atoms with Gasteiger partial charge in [0.05, 0.1) is 0 Å². The fourth-order valence-electron chi connectivity index (χ4n) is 3.49. The minimum absolute atomic E-state index is 0.233. The highest BCUT2D eigenvalue weighted by molar-refractivity contribution is 5.91. The lowest BCUT2D eigenvalue weighted by molar-refractivity contribution is 0.110. The maximum Gasteiger partial charge on any atom is 0.185 e. The molecule has 0 saturated heterocycles. The molecule has 2 nitrogen and oxygen atoms in total. The quantitative estimate of drug-likeness (QED) is 0.671. The summed E-state index contributed by atoms with van der Waals surface area (Å²) in [6, 6.07) is 7.74. The van der Waals surface area contributed by atoms with E-state index >= 15 is 0 Å². The summed E-state index contributed by atoms with van der Waals surface area (Å²) < 4.78 is 5.50. The molecule has 1 aromatic carbocycles. The second-order valence-electron chi connectivity index (χ2n) is 6.79. The van der Waals surface area contributed by atoms with Gasteiger partial charge >= 0.3 is 0 Å². The van der Waals surface area contributed by atoms with Crippen molar-refractivity contribution >= 4 is 23.3 Å². The Morgan fingerprint density at radius 1 is 1.23 bits per heavy atom. The molecule has 1 aliphatic carbocycles. The Balaban J connectivity index is 2.02. The van der Waals surface area contributed by atoms with Gasteiger partial charge in [0.15, 0.2) is 12.0 Å². The first-order chi connectivity index (χ1) is 10.5. The molecule has 0 saturated carbocycles. The zero-order valence-electron chi connectivity index (χ0n) is 13.5. The van der Waals surface area contributed by atoms with Crippen LogP contribution in [0.15, 0.2) is 45.9 Å². The highest BCUT2D eigenvalue weighted by Crippen LogP contribution is 2.41. The zero-order chi connectivity index (χ0) is 15.7. The number of hydrogen-bond acceptors (Lipinski definition) is 2. The minimum atomic E-state index is 0.233. The highest BCUT2D eigenvalue weighted by atomic mass is 16.3. The van der Waals surface area contributed by atoms with Crippen LogP contribution in [0.1, 0.15) is 56.2 Å². The predicted octanol–water partition coefficient (Wildman–Crippen LogP) is 5.79. The summed E-state index contributed by atoms with van der Waals surface area (Å²) in [6.07, 6.45) is 8.85. The number of aldehydes is 1. The van der Waals surface area contributed by atoms with Crippen molar-refractivity contribution in [3.05, 3.63) is 52.8 Å². The molecule has 0 bridgehead atoms. The van der Waals surface area contributed by atoms with E-state index in [1.807, 2.05) is 18.2 Å². The Labute approximate surface area is 131 Å². The third-order valence-corrected chi connectivity index (χ3v) is 4.70. The Hall–Kier alpha value is -2.09. The molecule has 0 amide bonds. The average molecular weight is 294 g/mol. The third-order valence-electron chi connectivity index (χ3n) is 4.70. The van der Waals surface area contributed by atoms with E-state index in [1.54, 1.807) is 0 Å². The van der Waals surface area contributed by atoms with Gasteiger partial charge in [-0.05, 0) is 54.9 Å². The van der Waals surface area contributed by atoms with Crippen LogP contribution in [0.4, 0.5) is 0 Å². The Morgan fingerprint density at radius 3 is 2.77 bits per heavy atom. The molecule has 0 radical (unpaired) electrons. The van der Waals surface area contributed by atoms with Gasteiger partial charge in [0, 0.05) is 5.39 Å². The van der Waals surface area contributed by atoms with Crippen LogP contribution in [0.25, 0.3) is 17.0 Å². The zero-order valence-corrected chi connectivity index (χ0v) is 13.5. The van der Waals surface area contributed by atoms with E-state index < -0.39 is 0 Å². The van der Waals surface area contributed by atoms with E-state index in [9.17, 15) is 4.79 Å². The molecule has 114 valence electrons. The van der Waals surface area contributed by atoms with Gasteiger partial charge in [0.1, 0.15) is 5.58 Å². The van der Waals surface area contributed by atoms with Crippen molar-refractivity contribution in [2.45, 2.75) is 40.0 Å². The molecule has 22 heavy (non-hydrogen) atoms. The third kappa shape index (κ3) is 2.66. The SMILES string of the molecule is CC1=C(C=Cc2cccc3oc(C=O)cc23)C(C)(C)CCC1. The number of benzene rings is 1. The number of rotatable bonds is 3. The second kappa shape index (κ2) is 5.60. The molecule has 0 spiro atoms. The van der Waals surface area contributed by atoms with Gasteiger partial charge in [-0.3, -0.25) is 4.79 Å². The van der Waals surface area contributed by atoms with Crippen LogP contribution in [-0.4, -0.2) is 6.29 Å². The summed E-state index contributed by atoms with van der Waals surface area (Å²) in [5.74, 6) is 0.379. The minimum Gasteiger partial charge on any atom is -0.453 e. The summed E-state index contributed by atoms with van der Waals surface area (Å²) in [7, 11) is 0. The van der Waals surface area contributed by atoms with Gasteiger partial charge in [-0.15, -0.1) is 0 Å². The number of fused-ring (bicyclic) bond motifs is 1. The number of allylic oxidation sites excluding steroid dienone is 3. The molecule has 0 unspecified atom stereocenters. The van der Waals surface area contributed by atoms with Crippen molar-refractivity contribution in [3.8, 4) is 0 Å². The molecule has 1 heterocycles. The smallest absolute Gasteiger partial charge is 0.185 e. The van der Waals surface area contributed by atoms with Gasteiger partial charge in [0.2, 0.25) is 0 Å². The molecule has 0 N–H and O–H groups in total. The Kier molecular flexibility index (Phi) is 3.78. The van der Waals surface area contributed by atoms with Crippen LogP contribution in [0.3, 0.4) is 0 Å². The summed E-state index contributed by atoms with van der Waals surface area (Å²) in [5.41, 5.74) is 5.01. The molecule has 3 rings (SSSR count). The molecule has 2 aromatic rings. The topological polar surface area (TPSA) is 30.2 Å². The maximum absolute atomic E-state index is 10.9. The van der Waals surface area contributed by atoms with Crippen molar-refractivity contribution < 1.29 is 9.21 Å². The summed E-state index contributed by atoms with van der Waals surface area (Å²) in [6.45, 7) is 6.88. The lowest BCUT2D eigenvalue weighted by atomic mass is 9.72. The van der Waals surface area contributed by atoms with Gasteiger partial charge in [0.25, 0.3) is 0 Å². The van der Waals surface area contributed by atoms with E-state index in [0.29, 0.717) is 5.76 Å². The number of hydrogen-bond donors (Lipinski definition) is 0. The van der Waals surface area contributed by atoms with Gasteiger partial charge in [-0.1, -0.05) is 43.7 Å². The van der Waals surface area contributed by atoms with E-state index in [4.69, 9.17) is 4.42 Å². The standard InChI is InChI=1S/C20H22O2/c1-14-6-5-11-20(2,3)18(14)10-9-15-7-4-8-19-17(15)12-16(13-21)22-19/h4,7-10,12-13H,5-6,11H2,1-3H3. The molecule has 0 aliphatic heterocycles. The highest BCUT2D eigenvalue weighted by Gasteiger charge is 2.26. The molecular formula is C20H22O2. The van der Waals surface area contributed by atoms with Crippen LogP contribution in [0.5, 0.6) is 0 Å². The largest absolute Gasteiger partial charge is 0.453 e. The van der Waals surface area contributed by atoms with Crippen molar-refractivity contribution in [1.29, 1.82) is 0 Å². The number of carbonyl (C=O) groups excluding carboxylic acids is 1. The Morgan fingerprint density at radius 2 is 2.05 bits per heavy atom. The second-order valence-corrected chi connectivity index (χ2v) is 6.79. The van der Waals surface area contributed by atoms with Gasteiger partial charge in [-0.25, -0.2) is 0 Å². The van der Waals surface area contributed by atoms with Crippen LogP contribution >= 0.6 is 0 Å². The molecule has 1 aromatic heterocycles. The molecule has 0 fully saturated rings. The van der Waals surface area contributed by atoms with E-state index in [1.165, 1.54) is 30.4 Å². The lowest BCUT2D eigenvalue weighted by Crippen LogP contribution is -2.18. The van der Waals surface area contributed by atoms with Crippen molar-refractivity contribution in [3.63, 3.8) is 0 Å². The van der Waals surface area contributed by atoms with Crippen LogP contribution < -0.4 is 0 Å². The summed E-state index contributed by atoms with van der Waals surface area (Å²) >= 11 is 0. The number of furan rings is 1. The van der Waals surface area contributed by atoms with Crippen molar-refractivity contribution in [1.82, 2.24) is 0 Å². The van der Waals surface area contributed by atoms with E-state index in [-0.39, 0.29) is 5.41 Å². The molecule has 0 atom stereocenters. The van der Waals surface area contributed by atoms with Crippen LogP contribution in [-0.2, 0) is 0 Å². The average Bonchev–Trinajstić information content (AvgIpc) is 2.90. The van der Waals surface area contributed by atoms with Crippen molar-refractivity contribution in [2.75, 3.05) is 0 Å². The van der Waals surface area contributed by atoms with Crippen molar-refractivity contribution in [2.24, 2.45) is 5.41 Å². The molecule has 2 heteroatoms. The Bertz CT molecular complexity index is 772. The first-order valence-corrected chi connectivity index (χ1v) is 7.87. The monoisotopic (exact) mass is 294 g/mol. The molecular weight excluding hydrogens is 272 g/mol. The first kappa shape index (κ1) is 14.8. The normalized spacial score (nSPS) is 18.3. The first-order valence-electron chi connectivity index (χ1n) is 7.87. The fraction of sp³-hybridized carbons (Fsp3) is 0.350. The van der Waals surface area contributed by atoms with Crippen LogP contribution in [0.2, 0.25) is 0 Å². The maximum atomic E-state index is 10.9. The number of carbonyl (C=O) groups is 1. The van der Waals surface area contributed by atoms with Gasteiger partial charge < -0.3 is 4.42 Å². The predicted molar refractivity (Wildman–Crippen MR) is 91.0 cm³/mol. The fourth-order valence-corrected chi connectivity index (χ4v) is 3.49. The van der Waals surface area contributed by atoms with Gasteiger partial charge in [-0.2, -0.15) is 0 Å². The summed E-state index contributed by atoms with van der Waals surface area (Å²) in [4.78, 5) is 10.9.